The molecule has 0 aromatic heterocycles. The fourth-order valence-corrected chi connectivity index (χ4v) is 6.97. The van der Waals surface area contributed by atoms with Crippen molar-refractivity contribution >= 4 is 11.8 Å². The van der Waals surface area contributed by atoms with Crippen molar-refractivity contribution in [3.63, 3.8) is 0 Å². The maximum Gasteiger partial charge on any atom is 0.586 e. The monoisotopic (exact) mass is 670 g/mol. The van der Waals surface area contributed by atoms with Crippen LogP contribution in [0, 0.1) is 11.8 Å². The van der Waals surface area contributed by atoms with Crippen LogP contribution in [0.1, 0.15) is 63.1 Å². The van der Waals surface area contributed by atoms with E-state index in [4.69, 9.17) is 9.47 Å². The molecule has 1 fully saturated rings. The third-order valence-corrected chi connectivity index (χ3v) is 9.47. The lowest BCUT2D eigenvalue weighted by molar-refractivity contribution is -0.286. The molecule has 10 nitrogen and oxygen atoms in total. The first-order valence-electron chi connectivity index (χ1n) is 15.5. The van der Waals surface area contributed by atoms with Crippen LogP contribution in [0.5, 0.6) is 28.7 Å². The lowest BCUT2D eigenvalue weighted by atomic mass is 9.76. The number of carbonyl (C=O) groups excluding carboxylic acids is 2. The summed E-state index contributed by atoms with van der Waals surface area (Å²) in [6.07, 6.45) is -6.60. The summed E-state index contributed by atoms with van der Waals surface area (Å²) in [7, 11) is 0. The van der Waals surface area contributed by atoms with Crippen LogP contribution in [0.2, 0.25) is 0 Å². The van der Waals surface area contributed by atoms with E-state index in [1.807, 2.05) is 6.92 Å². The van der Waals surface area contributed by atoms with E-state index >= 15 is 0 Å². The van der Waals surface area contributed by atoms with Crippen LogP contribution >= 0.6 is 0 Å². The van der Waals surface area contributed by atoms with Crippen LogP contribution in [-0.2, 0) is 15.0 Å². The first kappa shape index (κ1) is 32.9. The Kier molecular flexibility index (Phi) is 8.56. The van der Waals surface area contributed by atoms with E-state index in [-0.39, 0.29) is 60.5 Å². The van der Waals surface area contributed by atoms with Crippen molar-refractivity contribution < 1.29 is 60.3 Å². The van der Waals surface area contributed by atoms with Crippen molar-refractivity contribution in [1.29, 1.82) is 0 Å². The van der Waals surface area contributed by atoms with Gasteiger partial charge in [0.1, 0.15) is 35.4 Å². The van der Waals surface area contributed by atoms with Gasteiger partial charge in [0.15, 0.2) is 11.5 Å². The molecule has 256 valence electrons. The van der Waals surface area contributed by atoms with E-state index in [9.17, 15) is 36.6 Å². The number of hydrogen-bond acceptors (Lipinski definition) is 8. The van der Waals surface area contributed by atoms with E-state index in [1.165, 1.54) is 18.2 Å². The van der Waals surface area contributed by atoms with E-state index in [0.717, 1.165) is 12.1 Å². The van der Waals surface area contributed by atoms with E-state index < -0.39 is 41.9 Å². The SMILES string of the molecule is CCN(CCO)C(=O)C1CCC([C@H]2C[C@@H](NC(=O)C3(C)COc4cc5c(cc43)OC(F)(F)O5)c3ccc(OC(F)(F)F)cc3O2)CC1. The van der Waals surface area contributed by atoms with Crippen LogP contribution in [0.3, 0.4) is 0 Å². The third-order valence-electron chi connectivity index (χ3n) is 9.47. The number of halogens is 5. The van der Waals surface area contributed by atoms with Crippen molar-refractivity contribution in [3.8, 4) is 28.7 Å². The standard InChI is InChI=1S/C32H35F5N2O8/c1-3-39(10-11-40)28(41)18-6-4-17(5-7-18)23-14-22(20-9-8-19(12-24(20)44-23)45-31(33,34)35)38-29(42)30(2)16-43-25-15-27-26(13-21(25)30)46-32(36,37)47-27/h8-9,12-13,15,17-18,22-23,40H,3-7,10-11,14,16H2,1-2H3,(H,38,42)/t17?,18?,22-,23-,30?/m1/s1. The molecule has 3 atom stereocenters. The third kappa shape index (κ3) is 6.58. The van der Waals surface area contributed by atoms with Gasteiger partial charge in [-0.15, -0.1) is 22.0 Å². The number of aliphatic hydroxyl groups is 1. The highest BCUT2D eigenvalue weighted by Gasteiger charge is 2.50. The number of hydrogen-bond donors (Lipinski definition) is 2. The molecule has 2 aromatic rings. The number of fused-ring (bicyclic) bond motifs is 3. The molecule has 2 aromatic carbocycles. The molecule has 1 saturated carbocycles. The summed E-state index contributed by atoms with van der Waals surface area (Å²) in [6, 6.07) is 5.56. The minimum Gasteiger partial charge on any atom is -0.492 e. The lowest BCUT2D eigenvalue weighted by Crippen LogP contribution is -2.48. The zero-order valence-corrected chi connectivity index (χ0v) is 25.7. The fourth-order valence-electron chi connectivity index (χ4n) is 6.97. The van der Waals surface area contributed by atoms with Gasteiger partial charge in [0.25, 0.3) is 0 Å². The highest BCUT2D eigenvalue weighted by atomic mass is 19.4. The molecule has 0 radical (unpaired) electrons. The minimum absolute atomic E-state index is 0.0207. The van der Waals surface area contributed by atoms with Crippen LogP contribution < -0.4 is 29.0 Å². The molecule has 4 aliphatic rings. The maximum atomic E-state index is 14.0. The van der Waals surface area contributed by atoms with Crippen molar-refractivity contribution in [2.75, 3.05) is 26.3 Å². The Labute approximate surface area is 267 Å². The molecule has 1 unspecified atom stereocenters. The summed E-state index contributed by atoms with van der Waals surface area (Å²) in [6.45, 7) is 3.95. The number of nitrogens with zero attached hydrogens (tertiary/aromatic N) is 1. The van der Waals surface area contributed by atoms with Crippen molar-refractivity contribution in [2.24, 2.45) is 11.8 Å². The predicted molar refractivity (Wildman–Crippen MR) is 153 cm³/mol. The van der Waals surface area contributed by atoms with Crippen molar-refractivity contribution in [2.45, 2.75) is 76.2 Å². The summed E-state index contributed by atoms with van der Waals surface area (Å²) in [5.41, 5.74) is -0.557. The number of alkyl halides is 5. The molecule has 0 bridgehead atoms. The Morgan fingerprint density at radius 1 is 1.04 bits per heavy atom. The zero-order valence-electron chi connectivity index (χ0n) is 25.7. The number of likely N-dealkylation sites (N-methyl/N-ethyl adjacent to an activating group) is 1. The fraction of sp³-hybridized carbons (Fsp3) is 0.562. The van der Waals surface area contributed by atoms with Gasteiger partial charge in [0.05, 0.1) is 12.6 Å². The van der Waals surface area contributed by atoms with Gasteiger partial charge in [-0.05, 0) is 63.6 Å². The molecule has 0 saturated heterocycles. The Bertz CT molecular complexity index is 1530. The highest BCUT2D eigenvalue weighted by molar-refractivity contribution is 5.90. The molecule has 3 aliphatic heterocycles. The normalized spacial score (nSPS) is 27.1. The van der Waals surface area contributed by atoms with Crippen LogP contribution in [-0.4, -0.2) is 66.9 Å². The first-order valence-corrected chi connectivity index (χ1v) is 15.5. The van der Waals surface area contributed by atoms with E-state index in [2.05, 4.69) is 19.5 Å². The van der Waals surface area contributed by atoms with Gasteiger partial charge >= 0.3 is 12.7 Å². The number of ether oxygens (including phenoxy) is 5. The van der Waals surface area contributed by atoms with Crippen LogP contribution in [0.15, 0.2) is 30.3 Å². The number of aliphatic hydroxyl groups excluding tert-OH is 1. The first-order chi connectivity index (χ1) is 22.2. The second-order valence-corrected chi connectivity index (χ2v) is 12.5. The van der Waals surface area contributed by atoms with Crippen molar-refractivity contribution in [3.05, 3.63) is 41.5 Å². The average molecular weight is 671 g/mol. The van der Waals surface area contributed by atoms with Crippen molar-refractivity contribution in [1.82, 2.24) is 10.2 Å². The van der Waals surface area contributed by atoms with E-state index in [1.54, 1.807) is 11.8 Å². The minimum atomic E-state index is -4.92. The largest absolute Gasteiger partial charge is 0.586 e. The van der Waals surface area contributed by atoms with Gasteiger partial charge in [-0.2, -0.15) is 0 Å². The highest BCUT2D eigenvalue weighted by Crippen LogP contribution is 2.50. The summed E-state index contributed by atoms with van der Waals surface area (Å²) in [4.78, 5) is 28.6. The Balaban J connectivity index is 1.22. The van der Waals surface area contributed by atoms with Gasteiger partial charge in [-0.1, -0.05) is 0 Å². The van der Waals surface area contributed by atoms with Crippen LogP contribution in [0.4, 0.5) is 22.0 Å². The molecule has 3 heterocycles. The Morgan fingerprint density at radius 2 is 1.74 bits per heavy atom. The smallest absolute Gasteiger partial charge is 0.492 e. The number of benzene rings is 2. The molecule has 6 rings (SSSR count). The Hall–Kier alpha value is -4.01. The number of nitrogens with one attached hydrogen (secondary N) is 1. The van der Waals surface area contributed by atoms with Gasteiger partial charge in [0, 0.05) is 48.7 Å². The molecule has 2 amide bonds. The predicted octanol–water partition coefficient (Wildman–Crippen LogP) is 5.21. The lowest BCUT2D eigenvalue weighted by Gasteiger charge is -2.40. The maximum absolute atomic E-state index is 14.0. The Morgan fingerprint density at radius 3 is 2.40 bits per heavy atom. The number of carbonyl (C=O) groups is 2. The summed E-state index contributed by atoms with van der Waals surface area (Å²) < 4.78 is 91.7. The molecule has 1 aliphatic carbocycles. The zero-order chi connectivity index (χ0) is 33.7. The van der Waals surface area contributed by atoms with Gasteiger partial charge in [-0.25, -0.2) is 0 Å². The summed E-state index contributed by atoms with van der Waals surface area (Å²) >= 11 is 0. The molecule has 15 heteroatoms. The molecular formula is C32H35F5N2O8. The second kappa shape index (κ2) is 12.2. The molecule has 0 spiro atoms. The summed E-state index contributed by atoms with van der Waals surface area (Å²) in [5, 5.41) is 12.3. The molecule has 2 N–H and O–H groups in total. The van der Waals surface area contributed by atoms with Crippen LogP contribution in [0.25, 0.3) is 0 Å². The summed E-state index contributed by atoms with van der Waals surface area (Å²) in [5.74, 6) is -1.40. The van der Waals surface area contributed by atoms with E-state index in [0.29, 0.717) is 49.8 Å². The topological polar surface area (TPSA) is 116 Å². The quantitative estimate of drug-likeness (QED) is 0.368. The van der Waals surface area contributed by atoms with Gasteiger partial charge in [0.2, 0.25) is 11.8 Å². The second-order valence-electron chi connectivity index (χ2n) is 12.5. The van der Waals surface area contributed by atoms with Gasteiger partial charge < -0.3 is 39.0 Å². The molecular weight excluding hydrogens is 635 g/mol. The molecule has 47 heavy (non-hydrogen) atoms. The van der Waals surface area contributed by atoms with Gasteiger partial charge in [-0.3, -0.25) is 9.59 Å². The number of amides is 2. The average Bonchev–Trinajstić information content (AvgIpc) is 3.51. The number of rotatable bonds is 8.